The van der Waals surface area contributed by atoms with Crippen LogP contribution in [0.1, 0.15) is 23.6 Å². The van der Waals surface area contributed by atoms with Gasteiger partial charge in [-0.25, -0.2) is 4.98 Å². The van der Waals surface area contributed by atoms with Crippen LogP contribution in [0, 0.1) is 0 Å². The van der Waals surface area contributed by atoms with Crippen LogP contribution in [0.15, 0.2) is 48.8 Å². The number of carboxylic acids is 2. The van der Waals surface area contributed by atoms with Crippen LogP contribution < -0.4 is 4.90 Å². The Morgan fingerprint density at radius 3 is 2.44 bits per heavy atom. The molecule has 0 amide bonds. The number of aromatic nitrogens is 2. The van der Waals surface area contributed by atoms with Crippen molar-refractivity contribution in [1.82, 2.24) is 14.5 Å². The molecule has 0 aliphatic carbocycles. The fourth-order valence-corrected chi connectivity index (χ4v) is 4.42. The number of nitrogens with zero attached hydrogens (tertiary/aromatic N) is 4. The fraction of sp³-hybridized carbons (Fsp3) is 0.348. The molecule has 0 bridgehead atoms. The Morgan fingerprint density at radius 1 is 1.03 bits per heavy atom. The molecule has 34 heavy (non-hydrogen) atoms. The molecular weight excluding hydrogens is 453 g/mol. The Bertz CT molecular complexity index is 1190. The van der Waals surface area contributed by atoms with E-state index in [0.29, 0.717) is 54.9 Å². The second-order valence-electron chi connectivity index (χ2n) is 8.14. The maximum Gasteiger partial charge on any atom is 0.417 e. The summed E-state index contributed by atoms with van der Waals surface area (Å²) in [6.45, 7) is 1.41. The molecule has 1 atom stereocenters. The maximum atomic E-state index is 12.8. The van der Waals surface area contributed by atoms with Crippen molar-refractivity contribution in [1.29, 1.82) is 0 Å². The van der Waals surface area contributed by atoms with Crippen molar-refractivity contribution in [3.05, 3.63) is 59.9 Å². The van der Waals surface area contributed by atoms with Crippen LogP contribution >= 0.6 is 0 Å². The van der Waals surface area contributed by atoms with Crippen LogP contribution in [-0.2, 0) is 22.3 Å². The Labute approximate surface area is 192 Å². The second kappa shape index (κ2) is 9.34. The summed E-state index contributed by atoms with van der Waals surface area (Å²) in [5.41, 5.74) is 0.318. The zero-order chi connectivity index (χ0) is 24.5. The van der Waals surface area contributed by atoms with Gasteiger partial charge in [0, 0.05) is 55.0 Å². The lowest BCUT2D eigenvalue weighted by Crippen LogP contribution is -2.37. The van der Waals surface area contributed by atoms with Crippen molar-refractivity contribution in [2.75, 3.05) is 31.1 Å². The third-order valence-corrected chi connectivity index (χ3v) is 5.95. The highest BCUT2D eigenvalue weighted by molar-refractivity contribution is 5.90. The molecule has 3 aromatic rings. The molecule has 1 aromatic carbocycles. The van der Waals surface area contributed by atoms with Gasteiger partial charge >= 0.3 is 18.1 Å². The number of alkyl halides is 3. The van der Waals surface area contributed by atoms with Crippen LogP contribution in [0.5, 0.6) is 0 Å². The number of para-hydroxylation sites is 1. The van der Waals surface area contributed by atoms with Crippen molar-refractivity contribution >= 4 is 28.7 Å². The molecule has 2 aromatic heterocycles. The molecule has 2 N–H and O–H groups in total. The molecule has 0 spiro atoms. The lowest BCUT2D eigenvalue weighted by atomic mass is 10.0. The summed E-state index contributed by atoms with van der Waals surface area (Å²) in [6, 6.07) is 8.38. The van der Waals surface area contributed by atoms with E-state index in [9.17, 15) is 33.0 Å². The van der Waals surface area contributed by atoms with Crippen LogP contribution in [0.3, 0.4) is 0 Å². The molecular formula is C23H23F3N4O4. The van der Waals surface area contributed by atoms with Gasteiger partial charge in [0.1, 0.15) is 18.4 Å². The number of benzene rings is 1. The Morgan fingerprint density at radius 2 is 1.79 bits per heavy atom. The molecule has 0 radical (unpaired) electrons. The van der Waals surface area contributed by atoms with Gasteiger partial charge < -0.3 is 19.7 Å². The van der Waals surface area contributed by atoms with Gasteiger partial charge in [0.2, 0.25) is 0 Å². The average Bonchev–Trinajstić information content (AvgIpc) is 2.95. The number of hydrogen-bond acceptors (Lipinski definition) is 5. The smallest absolute Gasteiger partial charge is 0.417 e. The van der Waals surface area contributed by atoms with Crippen LogP contribution in [0.2, 0.25) is 0 Å². The number of halogens is 3. The minimum absolute atomic E-state index is 0.291. The van der Waals surface area contributed by atoms with E-state index in [1.165, 1.54) is 10.6 Å². The number of pyridine rings is 1. The summed E-state index contributed by atoms with van der Waals surface area (Å²) in [6.07, 6.45) is -1.50. The third-order valence-electron chi connectivity index (χ3n) is 5.95. The van der Waals surface area contributed by atoms with Crippen molar-refractivity contribution in [2.45, 2.75) is 25.2 Å². The summed E-state index contributed by atoms with van der Waals surface area (Å²) in [5, 5.41) is 20.0. The number of aliphatic carboxylic acids is 2. The van der Waals surface area contributed by atoms with Gasteiger partial charge in [-0.2, -0.15) is 13.2 Å². The van der Waals surface area contributed by atoms with Gasteiger partial charge in [-0.05, 0) is 24.6 Å². The van der Waals surface area contributed by atoms with Crippen molar-refractivity contribution in [3.8, 4) is 0 Å². The number of carboxylic acid groups (broad SMARTS) is 2. The number of hydrogen-bond donors (Lipinski definition) is 2. The zero-order valence-corrected chi connectivity index (χ0v) is 18.1. The maximum absolute atomic E-state index is 12.8. The monoisotopic (exact) mass is 476 g/mol. The summed E-state index contributed by atoms with van der Waals surface area (Å²) in [4.78, 5) is 31.3. The van der Waals surface area contributed by atoms with Crippen molar-refractivity contribution < 1.29 is 33.0 Å². The van der Waals surface area contributed by atoms with Crippen molar-refractivity contribution in [3.63, 3.8) is 0 Å². The summed E-state index contributed by atoms with van der Waals surface area (Å²) in [7, 11) is 0. The Balaban J connectivity index is 1.59. The molecule has 180 valence electrons. The highest BCUT2D eigenvalue weighted by atomic mass is 19.4. The summed E-state index contributed by atoms with van der Waals surface area (Å²) < 4.78 is 40.0. The highest BCUT2D eigenvalue weighted by Gasteiger charge is 2.33. The zero-order valence-electron chi connectivity index (χ0n) is 18.1. The normalized spacial score (nSPS) is 16.4. The van der Waals surface area contributed by atoms with E-state index in [1.54, 1.807) is 35.4 Å². The predicted octanol–water partition coefficient (Wildman–Crippen LogP) is 3.48. The van der Waals surface area contributed by atoms with E-state index >= 15 is 0 Å². The standard InChI is InChI=1S/C23H23F3N4O4/c24-23(25,26)15-6-7-19(27-12-15)28-8-3-9-29(11-10-28)21(22(33)34)17-13-30(14-20(31)32)18-5-2-1-4-16(17)18/h1-2,4-7,12-13,21H,3,8-11,14H2,(H,31,32)(H,33,34). The first kappa shape index (κ1) is 23.6. The minimum Gasteiger partial charge on any atom is -0.480 e. The van der Waals surface area contributed by atoms with Gasteiger partial charge in [-0.15, -0.1) is 0 Å². The largest absolute Gasteiger partial charge is 0.480 e. The van der Waals surface area contributed by atoms with Gasteiger partial charge in [0.05, 0.1) is 5.56 Å². The molecule has 0 saturated carbocycles. The fourth-order valence-electron chi connectivity index (χ4n) is 4.42. The molecule has 3 heterocycles. The van der Waals surface area contributed by atoms with Gasteiger partial charge in [-0.3, -0.25) is 14.5 Å². The molecule has 1 aliphatic rings. The van der Waals surface area contributed by atoms with Gasteiger partial charge in [0.15, 0.2) is 0 Å². The van der Waals surface area contributed by atoms with Crippen LogP contribution in [0.4, 0.5) is 19.0 Å². The number of carbonyl (C=O) groups is 2. The lowest BCUT2D eigenvalue weighted by molar-refractivity contribution is -0.143. The van der Waals surface area contributed by atoms with E-state index in [4.69, 9.17) is 0 Å². The number of fused-ring (bicyclic) bond motifs is 1. The highest BCUT2D eigenvalue weighted by Crippen LogP contribution is 2.32. The van der Waals surface area contributed by atoms with E-state index < -0.39 is 29.7 Å². The molecule has 11 heteroatoms. The second-order valence-corrected chi connectivity index (χ2v) is 8.14. The first-order valence-electron chi connectivity index (χ1n) is 10.7. The Hall–Kier alpha value is -3.60. The number of rotatable bonds is 6. The molecule has 8 nitrogen and oxygen atoms in total. The molecule has 1 unspecified atom stereocenters. The SMILES string of the molecule is O=C(O)Cn1cc(C(C(=O)O)N2CCCN(c3ccc(C(F)(F)F)cn3)CC2)c2ccccc21. The summed E-state index contributed by atoms with van der Waals surface area (Å²) >= 11 is 0. The van der Waals surface area contributed by atoms with E-state index in [1.807, 2.05) is 4.90 Å². The summed E-state index contributed by atoms with van der Waals surface area (Å²) in [5.74, 6) is -1.69. The quantitative estimate of drug-likeness (QED) is 0.562. The molecule has 1 fully saturated rings. The van der Waals surface area contributed by atoms with E-state index in [0.717, 1.165) is 12.3 Å². The molecule has 1 saturated heterocycles. The van der Waals surface area contributed by atoms with E-state index in [-0.39, 0.29) is 6.54 Å². The van der Waals surface area contributed by atoms with Crippen molar-refractivity contribution in [2.24, 2.45) is 0 Å². The molecule has 4 rings (SSSR count). The average molecular weight is 476 g/mol. The number of anilines is 1. The third kappa shape index (κ3) is 4.84. The molecule has 1 aliphatic heterocycles. The first-order chi connectivity index (χ1) is 16.1. The topological polar surface area (TPSA) is 98.9 Å². The first-order valence-corrected chi connectivity index (χ1v) is 10.7. The predicted molar refractivity (Wildman–Crippen MR) is 118 cm³/mol. The van der Waals surface area contributed by atoms with Crippen LogP contribution in [-0.4, -0.2) is 62.8 Å². The Kier molecular flexibility index (Phi) is 6.47. The van der Waals surface area contributed by atoms with Crippen LogP contribution in [0.25, 0.3) is 10.9 Å². The van der Waals surface area contributed by atoms with Gasteiger partial charge in [-0.1, -0.05) is 18.2 Å². The van der Waals surface area contributed by atoms with Gasteiger partial charge in [0.25, 0.3) is 0 Å². The lowest BCUT2D eigenvalue weighted by Gasteiger charge is -2.27. The minimum atomic E-state index is -4.46. The van der Waals surface area contributed by atoms with E-state index in [2.05, 4.69) is 4.98 Å².